The molecule has 84 valence electrons. The minimum Gasteiger partial charge on any atom is -0.468 e. The molecule has 1 N–H and O–H groups in total. The molecule has 0 spiro atoms. The SMILES string of the molecule is CCC1(CNCc2occc2C)CCC1. The third kappa shape index (κ3) is 2.25. The predicted octanol–water partition coefficient (Wildman–Crippen LogP) is 3.26. The van der Waals surface area contributed by atoms with Crippen molar-refractivity contribution in [2.75, 3.05) is 6.54 Å². The molecule has 2 heteroatoms. The van der Waals surface area contributed by atoms with Crippen LogP contribution in [0.2, 0.25) is 0 Å². The molecule has 1 aromatic rings. The molecule has 15 heavy (non-hydrogen) atoms. The lowest BCUT2D eigenvalue weighted by molar-refractivity contribution is 0.123. The highest BCUT2D eigenvalue weighted by atomic mass is 16.3. The first-order valence-electron chi connectivity index (χ1n) is 5.99. The molecule has 1 aromatic heterocycles. The Bertz CT molecular complexity index is 307. The summed E-state index contributed by atoms with van der Waals surface area (Å²) in [5.41, 5.74) is 1.85. The van der Waals surface area contributed by atoms with Crippen LogP contribution in [-0.4, -0.2) is 6.54 Å². The average Bonchev–Trinajstić information content (AvgIpc) is 2.57. The van der Waals surface area contributed by atoms with Crippen molar-refractivity contribution in [3.05, 3.63) is 23.7 Å². The Balaban J connectivity index is 1.77. The molecule has 0 aromatic carbocycles. The van der Waals surface area contributed by atoms with E-state index < -0.39 is 0 Å². The van der Waals surface area contributed by atoms with Gasteiger partial charge in [-0.2, -0.15) is 0 Å². The van der Waals surface area contributed by atoms with Crippen molar-refractivity contribution in [3.8, 4) is 0 Å². The van der Waals surface area contributed by atoms with E-state index in [9.17, 15) is 0 Å². The van der Waals surface area contributed by atoms with Crippen LogP contribution in [0.4, 0.5) is 0 Å². The Morgan fingerprint density at radius 2 is 2.27 bits per heavy atom. The van der Waals surface area contributed by atoms with Gasteiger partial charge in [-0.25, -0.2) is 0 Å². The number of nitrogens with one attached hydrogen (secondary N) is 1. The second kappa shape index (κ2) is 4.40. The van der Waals surface area contributed by atoms with Crippen LogP contribution in [0, 0.1) is 12.3 Å². The molecule has 0 atom stereocenters. The maximum absolute atomic E-state index is 5.40. The highest BCUT2D eigenvalue weighted by Gasteiger charge is 2.34. The molecule has 1 fully saturated rings. The quantitative estimate of drug-likeness (QED) is 0.801. The van der Waals surface area contributed by atoms with Gasteiger partial charge in [-0.05, 0) is 43.2 Å². The van der Waals surface area contributed by atoms with E-state index in [0.717, 1.165) is 18.8 Å². The first kappa shape index (κ1) is 10.7. The van der Waals surface area contributed by atoms with Crippen LogP contribution in [0.5, 0.6) is 0 Å². The van der Waals surface area contributed by atoms with Crippen molar-refractivity contribution >= 4 is 0 Å². The van der Waals surface area contributed by atoms with Gasteiger partial charge in [0.25, 0.3) is 0 Å². The van der Waals surface area contributed by atoms with E-state index in [-0.39, 0.29) is 0 Å². The lowest BCUT2D eigenvalue weighted by Gasteiger charge is -2.41. The largest absolute Gasteiger partial charge is 0.468 e. The van der Waals surface area contributed by atoms with Gasteiger partial charge in [-0.3, -0.25) is 0 Å². The van der Waals surface area contributed by atoms with Crippen molar-refractivity contribution in [1.29, 1.82) is 0 Å². The van der Waals surface area contributed by atoms with Crippen molar-refractivity contribution < 1.29 is 4.42 Å². The Morgan fingerprint density at radius 3 is 2.73 bits per heavy atom. The minimum absolute atomic E-state index is 0.598. The lowest BCUT2D eigenvalue weighted by atomic mass is 9.67. The summed E-state index contributed by atoms with van der Waals surface area (Å²) in [7, 11) is 0. The van der Waals surface area contributed by atoms with E-state index in [1.807, 2.05) is 6.07 Å². The lowest BCUT2D eigenvalue weighted by Crippen LogP contribution is -2.39. The van der Waals surface area contributed by atoms with Crippen LogP contribution >= 0.6 is 0 Å². The summed E-state index contributed by atoms with van der Waals surface area (Å²) in [6.07, 6.45) is 7.28. The molecule has 0 bridgehead atoms. The summed E-state index contributed by atoms with van der Waals surface area (Å²) in [6, 6.07) is 2.02. The average molecular weight is 207 g/mol. The van der Waals surface area contributed by atoms with Crippen LogP contribution in [-0.2, 0) is 6.54 Å². The molecule has 0 saturated heterocycles. The molecule has 0 radical (unpaired) electrons. The molecule has 0 unspecified atom stereocenters. The van der Waals surface area contributed by atoms with E-state index in [2.05, 4.69) is 19.2 Å². The summed E-state index contributed by atoms with van der Waals surface area (Å²) in [4.78, 5) is 0. The summed E-state index contributed by atoms with van der Waals surface area (Å²) in [5.74, 6) is 1.08. The summed E-state index contributed by atoms with van der Waals surface area (Å²) in [6.45, 7) is 6.42. The zero-order chi connectivity index (χ0) is 10.7. The summed E-state index contributed by atoms with van der Waals surface area (Å²) < 4.78 is 5.40. The van der Waals surface area contributed by atoms with Crippen molar-refractivity contribution in [2.24, 2.45) is 5.41 Å². The fourth-order valence-electron chi connectivity index (χ4n) is 2.36. The van der Waals surface area contributed by atoms with E-state index in [1.54, 1.807) is 6.26 Å². The highest BCUT2D eigenvalue weighted by Crippen LogP contribution is 2.43. The van der Waals surface area contributed by atoms with Gasteiger partial charge in [-0.15, -0.1) is 0 Å². The molecule has 1 saturated carbocycles. The van der Waals surface area contributed by atoms with Crippen LogP contribution in [0.25, 0.3) is 0 Å². The first-order valence-corrected chi connectivity index (χ1v) is 5.99. The van der Waals surface area contributed by atoms with Gasteiger partial charge in [0.2, 0.25) is 0 Å². The van der Waals surface area contributed by atoms with Crippen molar-refractivity contribution in [2.45, 2.75) is 46.1 Å². The topological polar surface area (TPSA) is 25.2 Å². The summed E-state index contributed by atoms with van der Waals surface area (Å²) >= 11 is 0. The van der Waals surface area contributed by atoms with Crippen molar-refractivity contribution in [1.82, 2.24) is 5.32 Å². The fourth-order valence-corrected chi connectivity index (χ4v) is 2.36. The second-order valence-corrected chi connectivity index (χ2v) is 4.84. The van der Waals surface area contributed by atoms with Crippen LogP contribution in [0.3, 0.4) is 0 Å². The van der Waals surface area contributed by atoms with E-state index in [4.69, 9.17) is 4.42 Å². The zero-order valence-electron chi connectivity index (χ0n) is 9.81. The fraction of sp³-hybridized carbons (Fsp3) is 0.692. The molecule has 2 nitrogen and oxygen atoms in total. The van der Waals surface area contributed by atoms with Crippen LogP contribution in [0.1, 0.15) is 43.9 Å². The molecule has 0 aliphatic heterocycles. The second-order valence-electron chi connectivity index (χ2n) is 4.84. The number of furan rings is 1. The number of rotatable bonds is 5. The van der Waals surface area contributed by atoms with Gasteiger partial charge in [-0.1, -0.05) is 13.3 Å². The Labute approximate surface area is 92.1 Å². The summed E-state index contributed by atoms with van der Waals surface area (Å²) in [5, 5.41) is 3.53. The normalized spacial score (nSPS) is 18.8. The minimum atomic E-state index is 0.598. The monoisotopic (exact) mass is 207 g/mol. The zero-order valence-corrected chi connectivity index (χ0v) is 9.81. The first-order chi connectivity index (χ1) is 7.26. The van der Waals surface area contributed by atoms with Gasteiger partial charge in [0.1, 0.15) is 5.76 Å². The smallest absolute Gasteiger partial charge is 0.120 e. The van der Waals surface area contributed by atoms with Gasteiger partial charge in [0.05, 0.1) is 12.8 Å². The standard InChI is InChI=1S/C13H21NO/c1-3-13(6-4-7-13)10-14-9-12-11(2)5-8-15-12/h5,8,14H,3-4,6-7,9-10H2,1-2H3. The maximum atomic E-state index is 5.40. The van der Waals surface area contributed by atoms with E-state index in [0.29, 0.717) is 5.41 Å². The van der Waals surface area contributed by atoms with Gasteiger partial charge in [0, 0.05) is 6.54 Å². The molecule has 1 aliphatic rings. The molecule has 0 amide bonds. The van der Waals surface area contributed by atoms with Gasteiger partial charge in [0.15, 0.2) is 0 Å². The van der Waals surface area contributed by atoms with Gasteiger partial charge < -0.3 is 9.73 Å². The number of aryl methyl sites for hydroxylation is 1. The Hall–Kier alpha value is -0.760. The predicted molar refractivity (Wildman–Crippen MR) is 61.7 cm³/mol. The van der Waals surface area contributed by atoms with E-state index in [1.165, 1.54) is 31.2 Å². The Kier molecular flexibility index (Phi) is 3.15. The van der Waals surface area contributed by atoms with Crippen molar-refractivity contribution in [3.63, 3.8) is 0 Å². The third-order valence-electron chi connectivity index (χ3n) is 3.92. The van der Waals surface area contributed by atoms with Gasteiger partial charge >= 0.3 is 0 Å². The number of hydrogen-bond acceptors (Lipinski definition) is 2. The number of hydrogen-bond donors (Lipinski definition) is 1. The molecular weight excluding hydrogens is 186 g/mol. The molecule has 1 heterocycles. The maximum Gasteiger partial charge on any atom is 0.120 e. The molecular formula is C13H21NO. The van der Waals surface area contributed by atoms with E-state index >= 15 is 0 Å². The van der Waals surface area contributed by atoms with Crippen LogP contribution in [0.15, 0.2) is 16.7 Å². The molecule has 1 aliphatic carbocycles. The highest BCUT2D eigenvalue weighted by molar-refractivity contribution is 5.14. The molecule has 2 rings (SSSR count). The van der Waals surface area contributed by atoms with Crippen LogP contribution < -0.4 is 5.32 Å². The third-order valence-corrected chi connectivity index (χ3v) is 3.92. The Morgan fingerprint density at radius 1 is 1.47 bits per heavy atom.